The van der Waals surface area contributed by atoms with Crippen molar-refractivity contribution in [2.75, 3.05) is 4.90 Å². The Morgan fingerprint density at radius 1 is 0.382 bits per heavy atom. The van der Waals surface area contributed by atoms with Gasteiger partial charge in [-0.05, 0) is 118 Å². The Balaban J connectivity index is 1.02. The molecule has 0 saturated carbocycles. The molecule has 0 atom stereocenters. The highest BCUT2D eigenvalue weighted by atomic mass is 16.6. The van der Waals surface area contributed by atoms with Crippen LogP contribution in [0.4, 0.5) is 17.1 Å². The molecule has 0 unspecified atom stereocenters. The molecule has 0 bridgehead atoms. The fourth-order valence-electron chi connectivity index (χ4n) is 8.24. The van der Waals surface area contributed by atoms with E-state index in [-0.39, 0.29) is 5.41 Å². The lowest BCUT2D eigenvalue weighted by molar-refractivity contribution is 0.315. The molecule has 10 nitrogen and oxygen atoms in total. The summed E-state index contributed by atoms with van der Waals surface area (Å²) in [4.78, 5) is 2.00. The third-order valence-corrected chi connectivity index (χ3v) is 11.0. The van der Waals surface area contributed by atoms with Gasteiger partial charge in [-0.2, -0.15) is 0 Å². The largest absolute Gasteiger partial charge is 0.303 e. The SMILES string of the molecule is CC1(C)c2ccccc2-c2ccc(-c3ccc(-c4ccc(N(c5cccc6nonc56)c5ccc(-c6ccccc6)c6nonc56)c5nonc45)cc3)cc21. The number of nitrogens with zero attached hydrogens (tertiary/aromatic N) is 7. The topological polar surface area (TPSA) is 120 Å². The Kier molecular flexibility index (Phi) is 6.66. The molecule has 0 spiro atoms. The molecule has 3 aromatic heterocycles. The van der Waals surface area contributed by atoms with Crippen molar-refractivity contribution in [3.63, 3.8) is 0 Å². The maximum Gasteiger partial charge on any atom is 0.159 e. The Morgan fingerprint density at radius 3 is 1.64 bits per heavy atom. The third-order valence-electron chi connectivity index (χ3n) is 11.0. The number of rotatable bonds is 6. The fourth-order valence-corrected chi connectivity index (χ4v) is 8.24. The summed E-state index contributed by atoms with van der Waals surface area (Å²) in [7, 11) is 0. The van der Waals surface area contributed by atoms with Crippen LogP contribution in [0.1, 0.15) is 25.0 Å². The smallest absolute Gasteiger partial charge is 0.159 e. The third kappa shape index (κ3) is 4.67. The summed E-state index contributed by atoms with van der Waals surface area (Å²) in [5.74, 6) is 0. The standard InChI is InChI=1S/C45H29N7O3/c1-45(2)34-12-7-6-11-32(34)33-20-19-29(25-35(33)45)26-15-17-28(18-16-26)31-22-24-39(44-41(31)48-55-51-44)52(37-14-8-13-36-42(37)49-53-46-36)38-23-21-30(27-9-4-3-5-10-27)40-43(38)50-54-47-40/h3-25H,1-2H3. The summed E-state index contributed by atoms with van der Waals surface area (Å²) in [6.07, 6.45) is 0. The predicted octanol–water partition coefficient (Wildman–Crippen LogP) is 11.1. The van der Waals surface area contributed by atoms with Crippen LogP contribution in [-0.2, 0) is 5.41 Å². The van der Waals surface area contributed by atoms with Crippen molar-refractivity contribution in [3.8, 4) is 44.5 Å². The maximum absolute atomic E-state index is 5.47. The van der Waals surface area contributed by atoms with Gasteiger partial charge >= 0.3 is 0 Å². The van der Waals surface area contributed by atoms with Crippen molar-refractivity contribution in [1.29, 1.82) is 0 Å². The second-order valence-corrected chi connectivity index (χ2v) is 14.3. The van der Waals surface area contributed by atoms with Gasteiger partial charge in [0.25, 0.3) is 0 Å². The number of fused-ring (bicyclic) bond motifs is 6. The molecule has 10 aromatic rings. The van der Waals surface area contributed by atoms with E-state index in [1.54, 1.807) is 0 Å². The molecule has 10 heteroatoms. The van der Waals surface area contributed by atoms with E-state index < -0.39 is 0 Å². The molecule has 7 aromatic carbocycles. The van der Waals surface area contributed by atoms with E-state index in [1.807, 2.05) is 77.7 Å². The Hall–Kier alpha value is -7.46. The lowest BCUT2D eigenvalue weighted by Gasteiger charge is -2.25. The minimum absolute atomic E-state index is 0.0708. The minimum Gasteiger partial charge on any atom is -0.303 e. The molecule has 0 aliphatic heterocycles. The van der Waals surface area contributed by atoms with E-state index in [4.69, 9.17) is 13.9 Å². The summed E-state index contributed by atoms with van der Waals surface area (Å²) >= 11 is 0. The lowest BCUT2D eigenvalue weighted by Crippen LogP contribution is -2.14. The fraction of sp³-hybridized carbons (Fsp3) is 0.0667. The first-order chi connectivity index (χ1) is 27.0. The van der Waals surface area contributed by atoms with E-state index in [2.05, 4.69) is 112 Å². The molecule has 262 valence electrons. The van der Waals surface area contributed by atoms with Gasteiger partial charge < -0.3 is 4.90 Å². The first-order valence-corrected chi connectivity index (χ1v) is 18.0. The summed E-state index contributed by atoms with van der Waals surface area (Å²) in [5.41, 5.74) is 16.9. The van der Waals surface area contributed by atoms with Crippen LogP contribution in [-0.4, -0.2) is 30.9 Å². The van der Waals surface area contributed by atoms with Crippen LogP contribution < -0.4 is 4.90 Å². The zero-order valence-corrected chi connectivity index (χ0v) is 29.6. The summed E-state index contributed by atoms with van der Waals surface area (Å²) in [5, 5.41) is 26.0. The average Bonchev–Trinajstić information content (AvgIpc) is 4.06. The molecule has 55 heavy (non-hydrogen) atoms. The number of hydrogen-bond donors (Lipinski definition) is 0. The van der Waals surface area contributed by atoms with Crippen LogP contribution in [0.2, 0.25) is 0 Å². The van der Waals surface area contributed by atoms with Gasteiger partial charge in [0.1, 0.15) is 16.6 Å². The highest BCUT2D eigenvalue weighted by Gasteiger charge is 2.35. The Bertz CT molecular complexity index is 3090. The van der Waals surface area contributed by atoms with Crippen LogP contribution in [0.5, 0.6) is 0 Å². The Labute approximate surface area is 313 Å². The van der Waals surface area contributed by atoms with E-state index in [1.165, 1.54) is 27.8 Å². The van der Waals surface area contributed by atoms with Crippen LogP contribution in [0.15, 0.2) is 153 Å². The molecular weight excluding hydrogens is 687 g/mol. The van der Waals surface area contributed by atoms with E-state index in [0.717, 1.165) is 27.8 Å². The summed E-state index contributed by atoms with van der Waals surface area (Å²) in [6, 6.07) is 47.9. The molecular formula is C45H29N7O3. The lowest BCUT2D eigenvalue weighted by atomic mass is 9.81. The number of hydrogen-bond acceptors (Lipinski definition) is 10. The highest BCUT2D eigenvalue weighted by molar-refractivity contribution is 6.09. The molecule has 3 heterocycles. The van der Waals surface area contributed by atoms with Gasteiger partial charge in [0, 0.05) is 16.5 Å². The van der Waals surface area contributed by atoms with E-state index in [9.17, 15) is 0 Å². The average molecular weight is 716 g/mol. The molecule has 0 fully saturated rings. The molecule has 0 N–H and O–H groups in total. The van der Waals surface area contributed by atoms with Gasteiger partial charge in [-0.1, -0.05) is 111 Å². The molecule has 1 aliphatic carbocycles. The number of anilines is 3. The van der Waals surface area contributed by atoms with Gasteiger partial charge in [0.15, 0.2) is 16.6 Å². The van der Waals surface area contributed by atoms with Crippen LogP contribution in [0.3, 0.4) is 0 Å². The highest BCUT2D eigenvalue weighted by Crippen LogP contribution is 2.50. The molecule has 0 saturated heterocycles. The maximum atomic E-state index is 5.47. The van der Waals surface area contributed by atoms with Gasteiger partial charge in [-0.25, -0.2) is 13.9 Å². The zero-order chi connectivity index (χ0) is 36.7. The van der Waals surface area contributed by atoms with Crippen molar-refractivity contribution in [3.05, 3.63) is 151 Å². The summed E-state index contributed by atoms with van der Waals surface area (Å²) in [6.45, 7) is 4.61. The molecule has 0 radical (unpaired) electrons. The predicted molar refractivity (Wildman–Crippen MR) is 211 cm³/mol. The van der Waals surface area contributed by atoms with Crippen LogP contribution in [0, 0.1) is 0 Å². The molecule has 1 aliphatic rings. The van der Waals surface area contributed by atoms with Crippen LogP contribution >= 0.6 is 0 Å². The molecule has 0 amide bonds. The quantitative estimate of drug-likeness (QED) is 0.164. The van der Waals surface area contributed by atoms with Crippen molar-refractivity contribution < 1.29 is 13.9 Å². The van der Waals surface area contributed by atoms with E-state index >= 15 is 0 Å². The van der Waals surface area contributed by atoms with Crippen LogP contribution in [0.25, 0.3) is 77.6 Å². The summed E-state index contributed by atoms with van der Waals surface area (Å²) < 4.78 is 16.0. The first-order valence-electron chi connectivity index (χ1n) is 18.0. The molecule has 11 rings (SSSR count). The first kappa shape index (κ1) is 31.1. The van der Waals surface area contributed by atoms with Crippen molar-refractivity contribution in [2.45, 2.75) is 19.3 Å². The van der Waals surface area contributed by atoms with Gasteiger partial charge in [0.05, 0.1) is 17.1 Å². The van der Waals surface area contributed by atoms with Gasteiger partial charge in [0.2, 0.25) is 0 Å². The van der Waals surface area contributed by atoms with Crippen molar-refractivity contribution in [2.24, 2.45) is 0 Å². The van der Waals surface area contributed by atoms with Gasteiger partial charge in [-0.15, -0.1) is 0 Å². The monoisotopic (exact) mass is 715 g/mol. The number of aromatic nitrogens is 6. The zero-order valence-electron chi connectivity index (χ0n) is 29.6. The minimum atomic E-state index is -0.0708. The van der Waals surface area contributed by atoms with E-state index in [0.29, 0.717) is 50.2 Å². The second-order valence-electron chi connectivity index (χ2n) is 14.3. The Morgan fingerprint density at radius 2 is 0.909 bits per heavy atom. The number of benzene rings is 7. The van der Waals surface area contributed by atoms with Crippen molar-refractivity contribution in [1.82, 2.24) is 30.9 Å². The van der Waals surface area contributed by atoms with Crippen molar-refractivity contribution >= 4 is 50.2 Å². The van der Waals surface area contributed by atoms with Gasteiger partial charge in [-0.3, -0.25) is 0 Å². The normalized spacial score (nSPS) is 13.1. The second kappa shape index (κ2) is 11.8.